The molecule has 4 rings (SSSR count). The van der Waals surface area contributed by atoms with Crippen LogP contribution in [-0.2, 0) is 4.79 Å². The largest absolute Gasteiger partial charge is 0.481 e. The van der Waals surface area contributed by atoms with Crippen LogP contribution in [0.25, 0.3) is 22.9 Å². The van der Waals surface area contributed by atoms with Crippen molar-refractivity contribution in [2.75, 3.05) is 5.32 Å². The van der Waals surface area contributed by atoms with Crippen LogP contribution in [0.2, 0.25) is 0 Å². The lowest BCUT2D eigenvalue weighted by Crippen LogP contribution is -2.17. The molecule has 0 amide bonds. The number of ketones is 1. The van der Waals surface area contributed by atoms with Gasteiger partial charge in [0.15, 0.2) is 5.78 Å². The van der Waals surface area contributed by atoms with E-state index in [1.807, 2.05) is 78.9 Å². The number of nitrogens with one attached hydrogen (secondary N) is 1. The Morgan fingerprint density at radius 3 is 2.03 bits per heavy atom. The summed E-state index contributed by atoms with van der Waals surface area (Å²) in [5.41, 5.74) is 4.34. The highest BCUT2D eigenvalue weighted by atomic mass is 16.4. The van der Waals surface area contributed by atoms with E-state index >= 15 is 0 Å². The second-order valence-corrected chi connectivity index (χ2v) is 9.01. The van der Waals surface area contributed by atoms with Gasteiger partial charge in [0, 0.05) is 35.2 Å². The number of anilines is 1. The summed E-state index contributed by atoms with van der Waals surface area (Å²) in [6, 6.07) is 25.1. The van der Waals surface area contributed by atoms with Crippen LogP contribution in [0.3, 0.4) is 0 Å². The van der Waals surface area contributed by atoms with Crippen molar-refractivity contribution in [2.24, 2.45) is 5.92 Å². The lowest BCUT2D eigenvalue weighted by atomic mass is 9.94. The quantitative estimate of drug-likeness (QED) is 0.230. The molecular weight excluding hydrogens is 454 g/mol. The maximum absolute atomic E-state index is 12.3. The second-order valence-electron chi connectivity index (χ2n) is 9.01. The number of benzene rings is 3. The molecule has 0 saturated carbocycles. The van der Waals surface area contributed by atoms with Crippen molar-refractivity contribution in [1.82, 2.24) is 10.2 Å². The number of hydrogen-bond acceptors (Lipinski definition) is 6. The first-order chi connectivity index (χ1) is 17.4. The lowest BCUT2D eigenvalue weighted by molar-refractivity contribution is -0.137. The van der Waals surface area contributed by atoms with Crippen LogP contribution in [0.4, 0.5) is 5.69 Å². The van der Waals surface area contributed by atoms with Crippen molar-refractivity contribution in [3.05, 3.63) is 90.0 Å². The monoisotopic (exact) mass is 483 g/mol. The van der Waals surface area contributed by atoms with Crippen molar-refractivity contribution in [1.29, 1.82) is 0 Å². The first-order valence-corrected chi connectivity index (χ1v) is 12.0. The first kappa shape index (κ1) is 24.9. The third kappa shape index (κ3) is 6.24. The molecule has 0 aliphatic carbocycles. The fourth-order valence-electron chi connectivity index (χ4n) is 3.98. The minimum atomic E-state index is -0.883. The fourth-order valence-corrected chi connectivity index (χ4v) is 3.98. The topological polar surface area (TPSA) is 105 Å². The van der Waals surface area contributed by atoms with Crippen molar-refractivity contribution >= 4 is 17.4 Å². The molecule has 0 aliphatic heterocycles. The highest BCUT2D eigenvalue weighted by molar-refractivity contribution is 5.96. The Labute approximate surface area is 210 Å². The van der Waals surface area contributed by atoms with Crippen LogP contribution in [-0.4, -0.2) is 27.1 Å². The summed E-state index contributed by atoms with van der Waals surface area (Å²) in [6.07, 6.45) is 0.582. The number of hydrogen-bond donors (Lipinski definition) is 2. The summed E-state index contributed by atoms with van der Waals surface area (Å²) >= 11 is 0. The Kier molecular flexibility index (Phi) is 7.90. The van der Waals surface area contributed by atoms with E-state index in [1.54, 1.807) is 0 Å². The summed E-state index contributed by atoms with van der Waals surface area (Å²) in [5.74, 6) is 0.321. The standard InChI is InChI=1S/C29H29N3O4/c1-19(2)27(21-13-11-20(12-14-21)25(33)9-6-10-26(34)35)30-24-17-15-23(16-18-24)29-32-31-28(36-29)22-7-4-3-5-8-22/h3-5,7-8,11-19,27,30H,6,9-10H2,1-2H3,(H,34,35). The molecule has 4 aromatic rings. The Bertz CT molecular complexity index is 1300. The molecule has 1 aromatic heterocycles. The Balaban J connectivity index is 1.42. The summed E-state index contributed by atoms with van der Waals surface area (Å²) in [7, 11) is 0. The highest BCUT2D eigenvalue weighted by Gasteiger charge is 2.17. The van der Waals surface area contributed by atoms with Gasteiger partial charge in [-0.1, -0.05) is 56.3 Å². The second kappa shape index (κ2) is 11.4. The third-order valence-electron chi connectivity index (χ3n) is 5.95. The van der Waals surface area contributed by atoms with Gasteiger partial charge in [-0.3, -0.25) is 9.59 Å². The Morgan fingerprint density at radius 1 is 0.833 bits per heavy atom. The van der Waals surface area contributed by atoms with Crippen LogP contribution in [0.1, 0.15) is 55.1 Å². The number of aromatic nitrogens is 2. The number of carboxylic acids is 1. The molecule has 2 N–H and O–H groups in total. The Hall–Kier alpha value is -4.26. The number of aliphatic carboxylic acids is 1. The Morgan fingerprint density at radius 2 is 1.44 bits per heavy atom. The average molecular weight is 484 g/mol. The summed E-state index contributed by atoms with van der Waals surface area (Å²) in [6.45, 7) is 4.28. The number of nitrogens with zero attached hydrogens (tertiary/aromatic N) is 2. The van der Waals surface area contributed by atoms with Crippen molar-refractivity contribution < 1.29 is 19.1 Å². The third-order valence-corrected chi connectivity index (χ3v) is 5.95. The van der Waals surface area contributed by atoms with Crippen molar-refractivity contribution in [3.63, 3.8) is 0 Å². The zero-order chi connectivity index (χ0) is 25.5. The van der Waals surface area contributed by atoms with E-state index < -0.39 is 5.97 Å². The van der Waals surface area contributed by atoms with Gasteiger partial charge in [-0.15, -0.1) is 10.2 Å². The van der Waals surface area contributed by atoms with E-state index in [0.717, 1.165) is 22.4 Å². The summed E-state index contributed by atoms with van der Waals surface area (Å²) in [4.78, 5) is 23.0. The van der Waals surface area contributed by atoms with Gasteiger partial charge in [-0.25, -0.2) is 0 Å². The fraction of sp³-hybridized carbons (Fsp3) is 0.241. The van der Waals surface area contributed by atoms with Crippen LogP contribution < -0.4 is 5.32 Å². The molecular formula is C29H29N3O4. The number of Topliss-reactive ketones (excluding diaryl/α,β-unsaturated/α-hetero) is 1. The molecule has 0 fully saturated rings. The molecule has 0 radical (unpaired) electrons. The number of carbonyl (C=O) groups excluding carboxylic acids is 1. The van der Waals surface area contributed by atoms with E-state index in [4.69, 9.17) is 9.52 Å². The van der Waals surface area contributed by atoms with Crippen LogP contribution in [0, 0.1) is 5.92 Å². The number of carbonyl (C=O) groups is 2. The molecule has 0 aliphatic rings. The zero-order valence-corrected chi connectivity index (χ0v) is 20.3. The highest BCUT2D eigenvalue weighted by Crippen LogP contribution is 2.29. The molecule has 0 saturated heterocycles. The molecule has 7 nitrogen and oxygen atoms in total. The average Bonchev–Trinajstić information content (AvgIpc) is 3.38. The van der Waals surface area contributed by atoms with Gasteiger partial charge in [-0.05, 0) is 54.3 Å². The predicted molar refractivity (Wildman–Crippen MR) is 139 cm³/mol. The molecule has 1 unspecified atom stereocenters. The van der Waals surface area contributed by atoms with E-state index in [0.29, 0.717) is 29.7 Å². The van der Waals surface area contributed by atoms with Gasteiger partial charge >= 0.3 is 5.97 Å². The molecule has 1 heterocycles. The van der Waals surface area contributed by atoms with Crippen LogP contribution in [0.5, 0.6) is 0 Å². The van der Waals surface area contributed by atoms with Crippen LogP contribution >= 0.6 is 0 Å². The molecule has 36 heavy (non-hydrogen) atoms. The van der Waals surface area contributed by atoms with Crippen molar-refractivity contribution in [2.45, 2.75) is 39.2 Å². The lowest BCUT2D eigenvalue weighted by Gasteiger charge is -2.24. The van der Waals surface area contributed by atoms with E-state index in [-0.39, 0.29) is 24.7 Å². The van der Waals surface area contributed by atoms with Gasteiger partial charge in [0.05, 0.1) is 6.04 Å². The van der Waals surface area contributed by atoms with Gasteiger partial charge in [0.2, 0.25) is 11.8 Å². The van der Waals surface area contributed by atoms with Gasteiger partial charge < -0.3 is 14.8 Å². The molecule has 184 valence electrons. The molecule has 0 bridgehead atoms. The maximum atomic E-state index is 12.3. The van der Waals surface area contributed by atoms with Gasteiger partial charge in [0.25, 0.3) is 0 Å². The maximum Gasteiger partial charge on any atom is 0.303 e. The zero-order valence-electron chi connectivity index (χ0n) is 20.3. The van der Waals surface area contributed by atoms with E-state index in [2.05, 4.69) is 29.4 Å². The normalized spacial score (nSPS) is 11.9. The number of rotatable bonds is 11. The minimum Gasteiger partial charge on any atom is -0.481 e. The minimum absolute atomic E-state index is 0.00262. The molecule has 7 heteroatoms. The predicted octanol–water partition coefficient (Wildman–Crippen LogP) is 6.65. The molecule has 3 aromatic carbocycles. The smallest absolute Gasteiger partial charge is 0.303 e. The molecule has 0 spiro atoms. The SMILES string of the molecule is CC(C)C(Nc1ccc(-c2nnc(-c3ccccc3)o2)cc1)c1ccc(C(=O)CCCC(=O)O)cc1. The van der Waals surface area contributed by atoms with Gasteiger partial charge in [0.1, 0.15) is 0 Å². The van der Waals surface area contributed by atoms with Crippen LogP contribution in [0.15, 0.2) is 83.3 Å². The van der Waals surface area contributed by atoms with Crippen molar-refractivity contribution in [3.8, 4) is 22.9 Å². The number of carboxylic acid groups (broad SMARTS) is 1. The van der Waals surface area contributed by atoms with E-state index in [9.17, 15) is 9.59 Å². The summed E-state index contributed by atoms with van der Waals surface area (Å²) in [5, 5.41) is 20.7. The van der Waals surface area contributed by atoms with Gasteiger partial charge in [-0.2, -0.15) is 0 Å². The molecule has 1 atom stereocenters. The van der Waals surface area contributed by atoms with E-state index in [1.165, 1.54) is 0 Å². The summed E-state index contributed by atoms with van der Waals surface area (Å²) < 4.78 is 5.85. The first-order valence-electron chi connectivity index (χ1n) is 12.0.